The van der Waals surface area contributed by atoms with Gasteiger partial charge in [-0.15, -0.1) is 0 Å². The maximum atomic E-state index is 13.1. The molecular formula is C17H14ClF3N2O4. The van der Waals surface area contributed by atoms with Gasteiger partial charge in [0.15, 0.2) is 5.76 Å². The van der Waals surface area contributed by atoms with Gasteiger partial charge in [0.05, 0.1) is 0 Å². The molecule has 0 radical (unpaired) electrons. The molecule has 144 valence electrons. The quantitative estimate of drug-likeness (QED) is 0.841. The number of amides is 1. The molecule has 0 spiro atoms. The summed E-state index contributed by atoms with van der Waals surface area (Å²) in [7, 11) is 0. The van der Waals surface area contributed by atoms with Gasteiger partial charge in [-0.1, -0.05) is 11.6 Å². The smallest absolute Gasteiger partial charge is 0.438 e. The molecule has 0 fully saturated rings. The Kier molecular flexibility index (Phi) is 4.92. The third kappa shape index (κ3) is 3.65. The fourth-order valence-electron chi connectivity index (χ4n) is 2.42. The first-order valence-electron chi connectivity index (χ1n) is 7.75. The number of benzene rings is 1. The molecule has 0 saturated heterocycles. The van der Waals surface area contributed by atoms with Crippen molar-refractivity contribution in [3.63, 3.8) is 0 Å². The molecule has 1 aliphatic rings. The van der Waals surface area contributed by atoms with E-state index in [2.05, 4.69) is 5.10 Å². The van der Waals surface area contributed by atoms with Crippen LogP contribution in [0.2, 0.25) is 5.02 Å². The zero-order valence-electron chi connectivity index (χ0n) is 14.0. The van der Waals surface area contributed by atoms with Crippen LogP contribution in [0.5, 0.6) is 5.75 Å². The third-order valence-corrected chi connectivity index (χ3v) is 4.38. The lowest BCUT2D eigenvalue weighted by molar-refractivity contribution is -0.297. The van der Waals surface area contributed by atoms with Gasteiger partial charge in [-0.05, 0) is 42.8 Å². The van der Waals surface area contributed by atoms with Gasteiger partial charge < -0.3 is 14.3 Å². The Hall–Kier alpha value is -2.52. The van der Waals surface area contributed by atoms with Crippen LogP contribution in [0.4, 0.5) is 13.2 Å². The molecule has 2 aromatic rings. The molecule has 0 bridgehead atoms. The van der Waals surface area contributed by atoms with Crippen LogP contribution in [0.25, 0.3) is 0 Å². The number of alkyl halides is 3. The van der Waals surface area contributed by atoms with Crippen LogP contribution in [-0.4, -0.2) is 34.1 Å². The number of furan rings is 1. The number of rotatable bonds is 4. The van der Waals surface area contributed by atoms with Crippen molar-refractivity contribution in [3.05, 3.63) is 52.4 Å². The van der Waals surface area contributed by atoms with Crippen LogP contribution in [-0.2, 0) is 6.61 Å². The predicted octanol–water partition coefficient (Wildman–Crippen LogP) is 3.90. The fourth-order valence-corrected chi connectivity index (χ4v) is 2.54. The van der Waals surface area contributed by atoms with Crippen LogP contribution < -0.4 is 4.74 Å². The topological polar surface area (TPSA) is 75.3 Å². The molecule has 10 heteroatoms. The minimum atomic E-state index is -5.07. The highest BCUT2D eigenvalue weighted by atomic mass is 35.5. The second kappa shape index (κ2) is 6.90. The lowest BCUT2D eigenvalue weighted by Gasteiger charge is -2.31. The fraction of sp³-hybridized carbons (Fsp3) is 0.294. The summed E-state index contributed by atoms with van der Waals surface area (Å²) < 4.78 is 49.9. The Morgan fingerprint density at radius 2 is 2.15 bits per heavy atom. The predicted molar refractivity (Wildman–Crippen MR) is 89.5 cm³/mol. The number of carbonyl (C=O) groups is 1. The van der Waals surface area contributed by atoms with E-state index in [1.165, 1.54) is 12.1 Å². The van der Waals surface area contributed by atoms with Crippen molar-refractivity contribution in [1.29, 1.82) is 0 Å². The molecule has 1 aliphatic heterocycles. The van der Waals surface area contributed by atoms with Crippen LogP contribution in [0.1, 0.15) is 28.3 Å². The number of halogens is 4. The van der Waals surface area contributed by atoms with Crippen LogP contribution in [0, 0.1) is 6.92 Å². The summed E-state index contributed by atoms with van der Waals surface area (Å²) in [4.78, 5) is 12.3. The SMILES string of the molecule is Cc1cc(OCc2ccc(C(=O)N3N=CC[C@@]3(O)C(F)(F)F)o2)ccc1Cl. The second-order valence-electron chi connectivity index (χ2n) is 5.90. The Balaban J connectivity index is 1.70. The van der Waals surface area contributed by atoms with E-state index in [1.807, 2.05) is 0 Å². The first kappa shape index (κ1) is 19.2. The summed E-state index contributed by atoms with van der Waals surface area (Å²) in [5.74, 6) is -0.888. The molecule has 0 aliphatic carbocycles. The molecule has 3 rings (SSSR count). The largest absolute Gasteiger partial charge is 0.486 e. The van der Waals surface area contributed by atoms with Gasteiger partial charge in [-0.25, -0.2) is 0 Å². The molecule has 6 nitrogen and oxygen atoms in total. The van der Waals surface area contributed by atoms with Crippen molar-refractivity contribution in [2.75, 3.05) is 0 Å². The van der Waals surface area contributed by atoms with E-state index in [1.54, 1.807) is 25.1 Å². The molecule has 27 heavy (non-hydrogen) atoms. The van der Waals surface area contributed by atoms with E-state index in [9.17, 15) is 23.1 Å². The number of nitrogens with zero attached hydrogens (tertiary/aromatic N) is 2. The molecule has 1 aromatic carbocycles. The first-order valence-corrected chi connectivity index (χ1v) is 8.13. The lowest BCUT2D eigenvalue weighted by Crippen LogP contribution is -2.56. The van der Waals surface area contributed by atoms with E-state index in [0.29, 0.717) is 10.8 Å². The highest BCUT2D eigenvalue weighted by Gasteiger charge is 2.61. The average molecular weight is 403 g/mol. The molecule has 1 atom stereocenters. The Labute approximate surface area is 156 Å². The van der Waals surface area contributed by atoms with Gasteiger partial charge in [-0.2, -0.15) is 23.3 Å². The van der Waals surface area contributed by atoms with Gasteiger partial charge >= 0.3 is 12.1 Å². The number of hydrogen-bond donors (Lipinski definition) is 1. The highest BCUT2D eigenvalue weighted by Crippen LogP contribution is 2.39. The molecule has 1 N–H and O–H groups in total. The third-order valence-electron chi connectivity index (χ3n) is 3.95. The van der Waals surface area contributed by atoms with Crippen molar-refractivity contribution >= 4 is 23.7 Å². The number of ether oxygens (including phenoxy) is 1. The van der Waals surface area contributed by atoms with Gasteiger partial charge in [0.2, 0.25) is 0 Å². The number of hydrogen-bond acceptors (Lipinski definition) is 5. The molecule has 1 amide bonds. The normalized spacial score (nSPS) is 19.6. The Bertz CT molecular complexity index is 897. The zero-order valence-corrected chi connectivity index (χ0v) is 14.7. The number of aryl methyl sites for hydroxylation is 1. The van der Waals surface area contributed by atoms with Gasteiger partial charge in [0, 0.05) is 17.7 Å². The summed E-state index contributed by atoms with van der Waals surface area (Å²) in [5.41, 5.74) is -2.59. The van der Waals surface area contributed by atoms with Crippen LogP contribution >= 0.6 is 11.6 Å². The van der Waals surface area contributed by atoms with E-state index < -0.39 is 30.0 Å². The van der Waals surface area contributed by atoms with E-state index in [-0.39, 0.29) is 17.4 Å². The molecule has 1 aromatic heterocycles. The van der Waals surface area contributed by atoms with E-state index in [4.69, 9.17) is 20.8 Å². The van der Waals surface area contributed by atoms with Crippen molar-refractivity contribution < 1.29 is 32.2 Å². The summed E-state index contributed by atoms with van der Waals surface area (Å²) >= 11 is 5.93. The monoisotopic (exact) mass is 402 g/mol. The summed E-state index contributed by atoms with van der Waals surface area (Å²) in [6.07, 6.45) is -5.10. The van der Waals surface area contributed by atoms with Crippen molar-refractivity contribution in [2.24, 2.45) is 5.10 Å². The zero-order chi connectivity index (χ0) is 19.8. The summed E-state index contributed by atoms with van der Waals surface area (Å²) in [5, 5.41) is 13.7. The summed E-state index contributed by atoms with van der Waals surface area (Å²) in [6, 6.07) is 7.60. The van der Waals surface area contributed by atoms with Crippen LogP contribution in [0.3, 0.4) is 0 Å². The van der Waals surface area contributed by atoms with Crippen molar-refractivity contribution in [3.8, 4) is 5.75 Å². The van der Waals surface area contributed by atoms with Crippen molar-refractivity contribution in [1.82, 2.24) is 5.01 Å². The van der Waals surface area contributed by atoms with Gasteiger partial charge in [0.1, 0.15) is 18.1 Å². The molecule has 0 saturated carbocycles. The van der Waals surface area contributed by atoms with E-state index >= 15 is 0 Å². The molecule has 2 heterocycles. The lowest BCUT2D eigenvalue weighted by atomic mass is 10.1. The summed E-state index contributed by atoms with van der Waals surface area (Å²) in [6.45, 7) is 1.75. The Morgan fingerprint density at radius 3 is 2.81 bits per heavy atom. The maximum Gasteiger partial charge on any atom is 0.438 e. The number of carbonyl (C=O) groups excluding carboxylic acids is 1. The first-order chi connectivity index (χ1) is 12.6. The minimum absolute atomic E-state index is 0.0287. The Morgan fingerprint density at radius 1 is 1.41 bits per heavy atom. The number of aliphatic hydroxyl groups is 1. The highest BCUT2D eigenvalue weighted by molar-refractivity contribution is 6.31. The van der Waals surface area contributed by atoms with Crippen molar-refractivity contribution in [2.45, 2.75) is 31.9 Å². The van der Waals surface area contributed by atoms with Crippen LogP contribution in [0.15, 0.2) is 39.9 Å². The molecular weight excluding hydrogens is 389 g/mol. The standard InChI is InChI=1S/C17H14ClF3N2O4/c1-10-8-11(2-4-13(10)18)26-9-12-3-5-14(27-12)15(24)23-16(25,6-7-22-23)17(19,20)21/h2-5,7-8,25H,6,9H2,1H3/t16-/m1/s1. The average Bonchev–Trinajstić information content (AvgIpc) is 3.22. The van der Waals surface area contributed by atoms with Gasteiger partial charge in [0.25, 0.3) is 5.72 Å². The maximum absolute atomic E-state index is 13.1. The van der Waals surface area contributed by atoms with E-state index in [0.717, 1.165) is 11.8 Å². The minimum Gasteiger partial charge on any atom is -0.486 e. The van der Waals surface area contributed by atoms with Gasteiger partial charge in [-0.3, -0.25) is 4.79 Å². The molecule has 0 unspecified atom stereocenters. The number of hydrazone groups is 1. The second-order valence-corrected chi connectivity index (χ2v) is 6.31.